The van der Waals surface area contributed by atoms with E-state index in [-0.39, 0.29) is 118 Å². The molecule has 6 rings (SSSR count). The first-order valence-electron chi connectivity index (χ1n) is 14.4. The summed E-state index contributed by atoms with van der Waals surface area (Å²) in [7, 11) is -21.9. The van der Waals surface area contributed by atoms with Crippen LogP contribution < -0.4 is 134 Å². The molecule has 0 aliphatic heterocycles. The van der Waals surface area contributed by atoms with Crippen LogP contribution in [0.4, 0.5) is 33.3 Å². The van der Waals surface area contributed by atoms with E-state index in [1.54, 1.807) is 0 Å². The Labute approximate surface area is 427 Å². The predicted octanol–water partition coefficient (Wildman–Crippen LogP) is -9.42. The Balaban J connectivity index is 0.00000300. The summed E-state index contributed by atoms with van der Waals surface area (Å²) in [6.07, 6.45) is -0.954. The second-order valence-corrected chi connectivity index (χ2v) is 16.8. The van der Waals surface area contributed by atoms with Gasteiger partial charge in [-0.15, -0.1) is 0 Å². The van der Waals surface area contributed by atoms with E-state index >= 15 is 0 Å². The van der Waals surface area contributed by atoms with Gasteiger partial charge in [0.2, 0.25) is 17.7 Å². The van der Waals surface area contributed by atoms with Crippen LogP contribution in [-0.2, 0) is 40.5 Å². The molecule has 0 saturated heterocycles. The van der Waals surface area contributed by atoms with E-state index < -0.39 is 123 Å². The maximum Gasteiger partial charge on any atom is 1.00 e. The van der Waals surface area contributed by atoms with Crippen LogP contribution in [0.5, 0.6) is 0 Å². The van der Waals surface area contributed by atoms with E-state index in [9.17, 15) is 61.1 Å². The SMILES string of the molecule is O=C1/C(=N\Nc2ccc3c(S(=O)(=O)[O-])cccc3c2S(=O)(=O)[O-])C(S(=O)(=O)[O-])=Cc2cc(S(=O)(=O)[O-])cc(Nc3nc(F)nc(Nc4ccc(Cl)cc4)n3)c21.[Na+].[Na+].[Na+].[Na+]. The zero-order chi connectivity index (χ0) is 40.2. The van der Waals surface area contributed by atoms with E-state index in [0.29, 0.717) is 28.9 Å². The summed E-state index contributed by atoms with van der Waals surface area (Å²) in [5.41, 5.74) is -1.79. The average molecular weight is 944 g/mol. The quantitative estimate of drug-likeness (QED) is 0.0665. The molecular formula is C29H15ClFN7Na4O13S4. The average Bonchev–Trinajstić information content (AvgIpc) is 3.06. The third-order valence-corrected chi connectivity index (χ3v) is 11.1. The molecule has 1 aromatic heterocycles. The van der Waals surface area contributed by atoms with Crippen molar-refractivity contribution in [2.24, 2.45) is 5.10 Å². The molecule has 286 valence electrons. The van der Waals surface area contributed by atoms with Crippen molar-refractivity contribution in [3.8, 4) is 0 Å². The van der Waals surface area contributed by atoms with Crippen molar-refractivity contribution in [1.29, 1.82) is 0 Å². The Bertz CT molecular complexity index is 3020. The molecule has 0 unspecified atom stereocenters. The summed E-state index contributed by atoms with van der Waals surface area (Å²) < 4.78 is 161. The number of rotatable bonds is 10. The number of ketones is 1. The molecular weight excluding hydrogens is 929 g/mol. The molecule has 5 aromatic rings. The number of halogens is 2. The molecule has 0 saturated carbocycles. The van der Waals surface area contributed by atoms with Gasteiger partial charge in [-0.1, -0.05) is 29.8 Å². The molecule has 3 N–H and O–H groups in total. The number of hydrogen-bond acceptors (Lipinski definition) is 20. The van der Waals surface area contributed by atoms with Crippen LogP contribution in [0, 0.1) is 6.08 Å². The van der Waals surface area contributed by atoms with Crippen molar-refractivity contribution >= 4 is 109 Å². The molecule has 0 amide bonds. The van der Waals surface area contributed by atoms with E-state index in [2.05, 4.69) is 30.7 Å². The van der Waals surface area contributed by atoms with Crippen molar-refractivity contribution in [2.45, 2.75) is 14.7 Å². The number of aromatic nitrogens is 3. The first-order valence-corrected chi connectivity index (χ1v) is 20.4. The van der Waals surface area contributed by atoms with Crippen molar-refractivity contribution < 1.29 is 179 Å². The van der Waals surface area contributed by atoms with Gasteiger partial charge in [-0.25, -0.2) is 33.7 Å². The van der Waals surface area contributed by atoms with Crippen LogP contribution >= 0.6 is 11.6 Å². The van der Waals surface area contributed by atoms with Crippen LogP contribution in [0.1, 0.15) is 15.9 Å². The number of carbonyl (C=O) groups is 1. The van der Waals surface area contributed by atoms with Gasteiger partial charge in [0.15, 0.2) is 0 Å². The standard InChI is InChI=1S/C29H19ClFN7O13S4.4Na/c30-14-4-6-15(7-5-14)32-28-34-27(31)35-29(36-28)33-20-12-16(52(40,41)42)10-13-11-22(54(46,47)48)24(25(39)23(13)20)38-37-19-9-8-17-18(26(19)55(49,50)51)2-1-3-21(17)53(43,44)45;;;;/h1-12,37H,(H,40,41,42)(H,43,44,45)(H,46,47,48)(H,49,50,51)(H2,32,33,34,35,36);;;;/q;4*+1/p-4/b38-24-;;;;. The summed E-state index contributed by atoms with van der Waals surface area (Å²) in [5.74, 6) is -2.64. The fourth-order valence-corrected chi connectivity index (χ4v) is 8.05. The van der Waals surface area contributed by atoms with Crippen molar-refractivity contribution in [2.75, 3.05) is 16.1 Å². The number of Topliss-reactive ketones (excluding diaryl/α,β-unsaturated/α-hetero) is 1. The number of benzene rings is 4. The molecule has 1 aliphatic carbocycles. The molecule has 1 heterocycles. The normalized spacial score (nSPS) is 13.4. The van der Waals surface area contributed by atoms with Crippen LogP contribution in [0.15, 0.2) is 91.4 Å². The van der Waals surface area contributed by atoms with E-state index in [1.807, 2.05) is 5.43 Å². The topological polar surface area (TPSA) is 333 Å². The molecule has 20 nitrogen and oxygen atoms in total. The number of hydrazone groups is 1. The number of fused-ring (bicyclic) bond motifs is 2. The van der Waals surface area contributed by atoms with Gasteiger partial charge < -0.3 is 28.8 Å². The Morgan fingerprint density at radius 3 is 1.83 bits per heavy atom. The number of hydrogen-bond donors (Lipinski definition) is 3. The monoisotopic (exact) mass is 943 g/mol. The van der Waals surface area contributed by atoms with Crippen LogP contribution in [0.2, 0.25) is 5.02 Å². The van der Waals surface area contributed by atoms with E-state index in [4.69, 9.17) is 11.6 Å². The number of nitrogens with one attached hydrogen (secondary N) is 3. The van der Waals surface area contributed by atoms with E-state index in [1.165, 1.54) is 24.3 Å². The number of carbonyl (C=O) groups excluding carboxylic acids is 1. The fourth-order valence-electron chi connectivity index (χ4n) is 5.22. The summed E-state index contributed by atoms with van der Waals surface area (Å²) in [6.45, 7) is 0. The minimum absolute atomic E-state index is 0. The summed E-state index contributed by atoms with van der Waals surface area (Å²) in [5, 5.41) is 7.84. The van der Waals surface area contributed by atoms with Gasteiger partial charge in [0.05, 0.1) is 36.5 Å². The minimum Gasteiger partial charge on any atom is -0.744 e. The second-order valence-electron chi connectivity index (χ2n) is 11.0. The Morgan fingerprint density at radius 1 is 0.661 bits per heavy atom. The van der Waals surface area contributed by atoms with E-state index in [0.717, 1.165) is 30.3 Å². The number of nitrogens with zero attached hydrogens (tertiary/aromatic N) is 4. The summed E-state index contributed by atoms with van der Waals surface area (Å²) in [4.78, 5) is 20.2. The maximum absolute atomic E-state index is 14.6. The number of anilines is 5. The molecule has 0 atom stereocenters. The molecule has 0 radical (unpaired) electrons. The Kier molecular flexibility index (Phi) is 18.5. The smallest absolute Gasteiger partial charge is 0.744 e. The Morgan fingerprint density at radius 2 is 1.27 bits per heavy atom. The molecule has 4 aromatic carbocycles. The van der Waals surface area contributed by atoms with Gasteiger partial charge >= 0.3 is 124 Å². The van der Waals surface area contributed by atoms with Gasteiger partial charge in [-0.3, -0.25) is 10.2 Å². The predicted molar refractivity (Wildman–Crippen MR) is 185 cm³/mol. The van der Waals surface area contributed by atoms with Gasteiger partial charge in [-0.2, -0.15) is 24.4 Å². The van der Waals surface area contributed by atoms with Gasteiger partial charge in [0.1, 0.15) is 46.2 Å². The molecule has 30 heteroatoms. The van der Waals surface area contributed by atoms with Gasteiger partial charge in [0.25, 0.3) is 0 Å². The molecule has 0 bridgehead atoms. The van der Waals surface area contributed by atoms with Crippen LogP contribution in [-0.4, -0.2) is 78.3 Å². The van der Waals surface area contributed by atoms with Crippen molar-refractivity contribution in [3.05, 3.63) is 93.9 Å². The second kappa shape index (κ2) is 20.3. The minimum atomic E-state index is -5.72. The summed E-state index contributed by atoms with van der Waals surface area (Å²) in [6, 6.07) is 11.4. The van der Waals surface area contributed by atoms with Gasteiger partial charge in [0, 0.05) is 21.5 Å². The first-order chi connectivity index (χ1) is 25.5. The van der Waals surface area contributed by atoms with Crippen LogP contribution in [0.25, 0.3) is 16.8 Å². The number of allylic oxidation sites excluding steroid dienone is 1. The molecule has 59 heavy (non-hydrogen) atoms. The summed E-state index contributed by atoms with van der Waals surface area (Å²) >= 11 is 5.87. The largest absolute Gasteiger partial charge is 1.00 e. The molecule has 0 fully saturated rings. The molecule has 1 aliphatic rings. The molecule has 0 spiro atoms. The van der Waals surface area contributed by atoms with Crippen LogP contribution in [0.3, 0.4) is 0 Å². The maximum atomic E-state index is 14.6. The third kappa shape index (κ3) is 12.4. The zero-order valence-electron chi connectivity index (χ0n) is 30.4. The Hall–Kier alpha value is -1.51. The van der Waals surface area contributed by atoms with Gasteiger partial charge in [-0.05, 0) is 60.2 Å². The fraction of sp³-hybridized carbons (Fsp3) is 0. The third-order valence-electron chi connectivity index (χ3n) is 7.40. The van der Waals surface area contributed by atoms with Crippen molar-refractivity contribution in [3.63, 3.8) is 0 Å². The first kappa shape index (κ1) is 53.6. The van der Waals surface area contributed by atoms with Crippen molar-refractivity contribution in [1.82, 2.24) is 15.0 Å². The zero-order valence-corrected chi connectivity index (χ0v) is 42.4.